The molecule has 0 bridgehead atoms. The first kappa shape index (κ1) is 16.2. The van der Waals surface area contributed by atoms with E-state index in [1.807, 2.05) is 12.1 Å². The van der Waals surface area contributed by atoms with Gasteiger partial charge in [-0.3, -0.25) is 9.59 Å². The SMILES string of the molecule is CC(=O)Nc1nc2ccc(C(=O)NCCCc3ccco3)cc2s1. The summed E-state index contributed by atoms with van der Waals surface area (Å²) >= 11 is 1.35. The van der Waals surface area contributed by atoms with Crippen LogP contribution in [0.15, 0.2) is 41.0 Å². The van der Waals surface area contributed by atoms with Crippen molar-refractivity contribution in [2.75, 3.05) is 11.9 Å². The maximum Gasteiger partial charge on any atom is 0.251 e. The summed E-state index contributed by atoms with van der Waals surface area (Å²) in [5.41, 5.74) is 1.34. The molecule has 24 heavy (non-hydrogen) atoms. The zero-order chi connectivity index (χ0) is 16.9. The number of aryl methyl sites for hydroxylation is 1. The molecular formula is C17H17N3O3S. The predicted molar refractivity (Wildman–Crippen MR) is 93.3 cm³/mol. The third-order valence-electron chi connectivity index (χ3n) is 3.40. The van der Waals surface area contributed by atoms with Crippen LogP contribution in [0.1, 0.15) is 29.5 Å². The molecule has 124 valence electrons. The van der Waals surface area contributed by atoms with Crippen LogP contribution in [0.3, 0.4) is 0 Å². The van der Waals surface area contributed by atoms with Gasteiger partial charge in [-0.25, -0.2) is 4.98 Å². The number of fused-ring (bicyclic) bond motifs is 1. The molecule has 0 aliphatic heterocycles. The number of nitrogens with zero attached hydrogens (tertiary/aromatic N) is 1. The largest absolute Gasteiger partial charge is 0.469 e. The van der Waals surface area contributed by atoms with Crippen molar-refractivity contribution in [2.24, 2.45) is 0 Å². The van der Waals surface area contributed by atoms with E-state index < -0.39 is 0 Å². The molecule has 1 aromatic carbocycles. The summed E-state index contributed by atoms with van der Waals surface area (Å²) in [6, 6.07) is 9.09. The number of hydrogen-bond acceptors (Lipinski definition) is 5. The van der Waals surface area contributed by atoms with Crippen LogP contribution in [0.25, 0.3) is 10.2 Å². The molecule has 0 saturated heterocycles. The van der Waals surface area contributed by atoms with Gasteiger partial charge in [0.1, 0.15) is 5.76 Å². The summed E-state index contributed by atoms with van der Waals surface area (Å²) in [4.78, 5) is 27.6. The molecule has 0 radical (unpaired) electrons. The van der Waals surface area contributed by atoms with E-state index in [1.165, 1.54) is 18.3 Å². The molecule has 2 N–H and O–H groups in total. The van der Waals surface area contributed by atoms with E-state index in [9.17, 15) is 9.59 Å². The van der Waals surface area contributed by atoms with Crippen molar-refractivity contribution >= 4 is 38.5 Å². The van der Waals surface area contributed by atoms with Crippen LogP contribution in [-0.4, -0.2) is 23.3 Å². The summed E-state index contributed by atoms with van der Waals surface area (Å²) in [5, 5.41) is 6.09. The molecule has 0 aliphatic carbocycles. The molecule has 0 saturated carbocycles. The molecule has 0 fully saturated rings. The minimum absolute atomic E-state index is 0.120. The molecule has 0 atom stereocenters. The second-order valence-electron chi connectivity index (χ2n) is 5.32. The highest BCUT2D eigenvalue weighted by molar-refractivity contribution is 7.22. The van der Waals surface area contributed by atoms with Gasteiger partial charge >= 0.3 is 0 Å². The number of anilines is 1. The summed E-state index contributed by atoms with van der Waals surface area (Å²) in [5.74, 6) is 0.634. The number of carbonyl (C=O) groups excluding carboxylic acids is 2. The smallest absolute Gasteiger partial charge is 0.251 e. The second kappa shape index (κ2) is 7.27. The Bertz CT molecular complexity index is 855. The molecule has 7 heteroatoms. The van der Waals surface area contributed by atoms with E-state index >= 15 is 0 Å². The van der Waals surface area contributed by atoms with E-state index in [1.54, 1.807) is 24.5 Å². The topological polar surface area (TPSA) is 84.2 Å². The van der Waals surface area contributed by atoms with Gasteiger partial charge in [-0.05, 0) is 36.8 Å². The monoisotopic (exact) mass is 343 g/mol. The van der Waals surface area contributed by atoms with Crippen molar-refractivity contribution in [3.8, 4) is 0 Å². The van der Waals surface area contributed by atoms with Gasteiger partial charge in [0.15, 0.2) is 5.13 Å². The van der Waals surface area contributed by atoms with E-state index in [0.717, 1.165) is 28.8 Å². The van der Waals surface area contributed by atoms with Crippen LogP contribution in [0.4, 0.5) is 5.13 Å². The van der Waals surface area contributed by atoms with Crippen LogP contribution >= 0.6 is 11.3 Å². The first-order chi connectivity index (χ1) is 11.6. The van der Waals surface area contributed by atoms with Crippen molar-refractivity contribution in [1.29, 1.82) is 0 Å². The van der Waals surface area contributed by atoms with Crippen molar-refractivity contribution in [1.82, 2.24) is 10.3 Å². The molecule has 2 heterocycles. The van der Waals surface area contributed by atoms with Gasteiger partial charge < -0.3 is 15.1 Å². The van der Waals surface area contributed by atoms with Gasteiger partial charge in [0.2, 0.25) is 5.91 Å². The molecule has 0 aliphatic rings. The average molecular weight is 343 g/mol. The Balaban J connectivity index is 1.58. The molecular weight excluding hydrogens is 326 g/mol. The highest BCUT2D eigenvalue weighted by Crippen LogP contribution is 2.26. The summed E-state index contributed by atoms with van der Waals surface area (Å²) < 4.78 is 6.12. The van der Waals surface area contributed by atoms with Gasteiger partial charge in [-0.1, -0.05) is 11.3 Å². The van der Waals surface area contributed by atoms with E-state index in [0.29, 0.717) is 17.2 Å². The lowest BCUT2D eigenvalue weighted by Gasteiger charge is -2.04. The lowest BCUT2D eigenvalue weighted by molar-refractivity contribution is -0.114. The molecule has 6 nitrogen and oxygen atoms in total. The van der Waals surface area contributed by atoms with E-state index in [-0.39, 0.29) is 11.8 Å². The molecule has 0 spiro atoms. The Morgan fingerprint density at radius 1 is 1.29 bits per heavy atom. The van der Waals surface area contributed by atoms with Crippen molar-refractivity contribution < 1.29 is 14.0 Å². The maximum atomic E-state index is 12.2. The fourth-order valence-corrected chi connectivity index (χ4v) is 3.24. The molecule has 3 rings (SSSR count). The Morgan fingerprint density at radius 2 is 2.17 bits per heavy atom. The molecule has 2 amide bonds. The maximum absolute atomic E-state index is 12.2. The first-order valence-corrected chi connectivity index (χ1v) is 8.42. The molecule has 3 aromatic rings. The molecule has 0 unspecified atom stereocenters. The highest BCUT2D eigenvalue weighted by Gasteiger charge is 2.10. The van der Waals surface area contributed by atoms with Gasteiger partial charge in [0, 0.05) is 25.5 Å². The lowest BCUT2D eigenvalue weighted by Crippen LogP contribution is -2.24. The Morgan fingerprint density at radius 3 is 2.92 bits per heavy atom. The quantitative estimate of drug-likeness (QED) is 0.673. The average Bonchev–Trinajstić information content (AvgIpc) is 3.18. The van der Waals surface area contributed by atoms with Crippen molar-refractivity contribution in [3.63, 3.8) is 0 Å². The van der Waals surface area contributed by atoms with Crippen LogP contribution in [0.5, 0.6) is 0 Å². The zero-order valence-electron chi connectivity index (χ0n) is 13.2. The minimum Gasteiger partial charge on any atom is -0.469 e. The van der Waals surface area contributed by atoms with Gasteiger partial charge in [0.25, 0.3) is 5.91 Å². The fourth-order valence-electron chi connectivity index (χ4n) is 2.29. The number of carbonyl (C=O) groups is 2. The van der Waals surface area contributed by atoms with Crippen LogP contribution in [0.2, 0.25) is 0 Å². The second-order valence-corrected chi connectivity index (χ2v) is 6.35. The Labute approximate surface area is 142 Å². The number of aromatic nitrogens is 1. The van der Waals surface area contributed by atoms with E-state index in [2.05, 4.69) is 15.6 Å². The third kappa shape index (κ3) is 3.99. The Kier molecular flexibility index (Phi) is 4.90. The molecule has 2 aromatic heterocycles. The third-order valence-corrected chi connectivity index (χ3v) is 4.33. The van der Waals surface area contributed by atoms with Gasteiger partial charge in [-0.15, -0.1) is 0 Å². The first-order valence-electron chi connectivity index (χ1n) is 7.60. The summed E-state index contributed by atoms with van der Waals surface area (Å²) in [6.45, 7) is 2.02. The van der Waals surface area contributed by atoms with Gasteiger partial charge in [-0.2, -0.15) is 0 Å². The summed E-state index contributed by atoms with van der Waals surface area (Å²) in [7, 11) is 0. The van der Waals surface area contributed by atoms with E-state index in [4.69, 9.17) is 4.42 Å². The normalized spacial score (nSPS) is 10.7. The minimum atomic E-state index is -0.163. The number of rotatable bonds is 6. The standard InChI is InChI=1S/C17H17N3O3S/c1-11(21)19-17-20-14-7-6-12(10-15(14)24-17)16(22)18-8-2-4-13-5-3-9-23-13/h3,5-7,9-10H,2,4,8H2,1H3,(H,18,22)(H,19,20,21). The van der Waals surface area contributed by atoms with Crippen LogP contribution < -0.4 is 10.6 Å². The van der Waals surface area contributed by atoms with Crippen LogP contribution in [0, 0.1) is 0 Å². The number of thiazole rings is 1. The van der Waals surface area contributed by atoms with Gasteiger partial charge in [0.05, 0.1) is 16.5 Å². The summed E-state index contributed by atoms with van der Waals surface area (Å²) in [6.07, 6.45) is 3.25. The zero-order valence-corrected chi connectivity index (χ0v) is 14.0. The Hall–Kier alpha value is -2.67. The van der Waals surface area contributed by atoms with Crippen LogP contribution in [-0.2, 0) is 11.2 Å². The number of hydrogen-bond donors (Lipinski definition) is 2. The predicted octanol–water partition coefficient (Wildman–Crippen LogP) is 3.21. The highest BCUT2D eigenvalue weighted by atomic mass is 32.1. The van der Waals surface area contributed by atoms with Crippen molar-refractivity contribution in [3.05, 3.63) is 47.9 Å². The number of benzene rings is 1. The number of amides is 2. The lowest BCUT2D eigenvalue weighted by atomic mass is 10.2. The fraction of sp³-hybridized carbons (Fsp3) is 0.235. The number of nitrogens with one attached hydrogen (secondary N) is 2. The van der Waals surface area contributed by atoms with Crippen molar-refractivity contribution in [2.45, 2.75) is 19.8 Å². The number of furan rings is 1.